The molecule has 0 bridgehead atoms. The van der Waals surface area contributed by atoms with Gasteiger partial charge < -0.3 is 29.7 Å². The first-order valence-electron chi connectivity index (χ1n) is 9.65. The molecule has 1 aromatic rings. The third-order valence-electron chi connectivity index (χ3n) is 5.72. The van der Waals surface area contributed by atoms with Crippen LogP contribution in [-0.4, -0.2) is 81.2 Å². The molecule has 2 fully saturated rings. The lowest BCUT2D eigenvalue weighted by Gasteiger charge is -2.34. The maximum absolute atomic E-state index is 12.1. The van der Waals surface area contributed by atoms with Gasteiger partial charge in [0.1, 0.15) is 0 Å². The van der Waals surface area contributed by atoms with Crippen LogP contribution in [0.1, 0.15) is 40.5 Å². The van der Waals surface area contributed by atoms with Gasteiger partial charge in [-0.2, -0.15) is 0 Å². The molecule has 2 saturated heterocycles. The summed E-state index contributed by atoms with van der Waals surface area (Å²) >= 11 is 0. The topological polar surface area (TPSA) is 117 Å². The Labute approximate surface area is 165 Å². The number of amides is 1. The first-order chi connectivity index (χ1) is 13.1. The van der Waals surface area contributed by atoms with Gasteiger partial charge in [-0.25, -0.2) is 9.97 Å². The van der Waals surface area contributed by atoms with Gasteiger partial charge in [-0.3, -0.25) is 4.79 Å². The van der Waals surface area contributed by atoms with E-state index >= 15 is 0 Å². The molecule has 1 unspecified atom stereocenters. The summed E-state index contributed by atoms with van der Waals surface area (Å²) in [5.74, 6) is 0.00768. The fourth-order valence-corrected chi connectivity index (χ4v) is 3.28. The lowest BCUT2D eigenvalue weighted by molar-refractivity contribution is -0.143. The number of nitrogens with one attached hydrogen (secondary N) is 1. The Bertz CT molecular complexity index is 684. The maximum Gasteiger partial charge on any atom is 0.498 e. The van der Waals surface area contributed by atoms with Gasteiger partial charge in [0.25, 0.3) is 5.91 Å². The Morgan fingerprint density at radius 1 is 1.32 bits per heavy atom. The van der Waals surface area contributed by atoms with Crippen LogP contribution in [0.3, 0.4) is 0 Å². The predicted octanol–water partition coefficient (Wildman–Crippen LogP) is -0.468. The van der Waals surface area contributed by atoms with Crippen LogP contribution in [0.5, 0.6) is 0 Å². The fourth-order valence-electron chi connectivity index (χ4n) is 3.28. The molecule has 10 heteroatoms. The summed E-state index contributed by atoms with van der Waals surface area (Å²) in [6, 6.07) is -0.0220. The van der Waals surface area contributed by atoms with E-state index in [4.69, 9.17) is 14.4 Å². The van der Waals surface area contributed by atoms with E-state index in [1.807, 2.05) is 27.7 Å². The van der Waals surface area contributed by atoms with Gasteiger partial charge in [0.2, 0.25) is 5.95 Å². The van der Waals surface area contributed by atoms with Gasteiger partial charge in [0.15, 0.2) is 6.10 Å². The number of carbonyl (C=O) groups is 1. The molecule has 0 radical (unpaired) electrons. The number of hydrogen-bond acceptors (Lipinski definition) is 8. The van der Waals surface area contributed by atoms with Crippen LogP contribution in [0.15, 0.2) is 12.4 Å². The molecule has 3 heterocycles. The van der Waals surface area contributed by atoms with Crippen molar-refractivity contribution in [2.45, 2.75) is 63.9 Å². The molecule has 9 nitrogen and oxygen atoms in total. The molecule has 0 saturated carbocycles. The highest BCUT2D eigenvalue weighted by molar-refractivity contribution is 6.61. The van der Waals surface area contributed by atoms with Crippen LogP contribution in [0.4, 0.5) is 5.95 Å². The highest BCUT2D eigenvalue weighted by Crippen LogP contribution is 2.36. The minimum Gasteiger partial charge on any atom is -0.399 e. The average Bonchev–Trinajstić information content (AvgIpc) is 2.88. The van der Waals surface area contributed by atoms with Gasteiger partial charge >= 0.3 is 7.12 Å². The summed E-state index contributed by atoms with van der Waals surface area (Å²) in [5, 5.41) is 21.7. The largest absolute Gasteiger partial charge is 0.498 e. The minimum absolute atomic E-state index is 0.0220. The molecule has 0 aliphatic carbocycles. The van der Waals surface area contributed by atoms with Gasteiger partial charge in [0, 0.05) is 37.0 Å². The van der Waals surface area contributed by atoms with E-state index in [1.54, 1.807) is 17.3 Å². The zero-order valence-corrected chi connectivity index (χ0v) is 16.9. The molecule has 0 aromatic carbocycles. The van der Waals surface area contributed by atoms with E-state index in [-0.39, 0.29) is 6.04 Å². The average molecular weight is 392 g/mol. The Morgan fingerprint density at radius 2 is 1.93 bits per heavy atom. The molecule has 3 rings (SSSR count). The van der Waals surface area contributed by atoms with E-state index in [9.17, 15) is 9.90 Å². The SMILES string of the molecule is CC1(C)OB(c2cnc(N[C@@H]3CCCN(C(=O)C(O)CO)C3)nc2)OC1(C)C. The quantitative estimate of drug-likeness (QED) is 0.576. The second-order valence-electron chi connectivity index (χ2n) is 8.39. The van der Waals surface area contributed by atoms with Crippen LogP contribution >= 0.6 is 0 Å². The summed E-state index contributed by atoms with van der Waals surface area (Å²) in [7, 11) is -0.512. The van der Waals surface area contributed by atoms with Crippen molar-refractivity contribution < 1.29 is 24.3 Å². The van der Waals surface area contributed by atoms with Crippen molar-refractivity contribution in [2.75, 3.05) is 25.0 Å². The number of carbonyl (C=O) groups excluding carboxylic acids is 1. The summed E-state index contributed by atoms with van der Waals surface area (Å²) < 4.78 is 12.0. The van der Waals surface area contributed by atoms with Gasteiger partial charge in [-0.1, -0.05) is 0 Å². The third-order valence-corrected chi connectivity index (χ3v) is 5.72. The van der Waals surface area contributed by atoms with Crippen molar-refractivity contribution in [3.8, 4) is 0 Å². The second-order valence-corrected chi connectivity index (χ2v) is 8.39. The predicted molar refractivity (Wildman–Crippen MR) is 104 cm³/mol. The molecule has 3 N–H and O–H groups in total. The van der Waals surface area contributed by atoms with E-state index < -0.39 is 36.9 Å². The molecule has 2 atom stereocenters. The molecule has 1 amide bonds. The number of aliphatic hydroxyl groups excluding tert-OH is 2. The van der Waals surface area contributed by atoms with Crippen molar-refractivity contribution in [2.24, 2.45) is 0 Å². The number of aromatic nitrogens is 2. The first kappa shape index (κ1) is 21.0. The van der Waals surface area contributed by atoms with Crippen LogP contribution < -0.4 is 10.8 Å². The highest BCUT2D eigenvalue weighted by Gasteiger charge is 2.52. The highest BCUT2D eigenvalue weighted by atomic mass is 16.7. The fraction of sp³-hybridized carbons (Fsp3) is 0.722. The van der Waals surface area contributed by atoms with Crippen molar-refractivity contribution in [1.82, 2.24) is 14.9 Å². The van der Waals surface area contributed by atoms with Crippen molar-refractivity contribution in [3.05, 3.63) is 12.4 Å². The molecule has 2 aliphatic heterocycles. The standard InChI is InChI=1S/C18H29BN4O5/c1-17(2)18(3,4)28-19(27-17)12-8-20-16(21-9-12)22-13-6-5-7-23(10-13)15(26)14(25)11-24/h8-9,13-14,24-25H,5-7,10-11H2,1-4H3,(H,20,21,22)/t13-,14?/m1/s1. The van der Waals surface area contributed by atoms with Crippen LogP contribution in [0, 0.1) is 0 Å². The Hall–Kier alpha value is -1.75. The maximum atomic E-state index is 12.1. The Kier molecular flexibility index (Phi) is 5.95. The number of hydrogen-bond donors (Lipinski definition) is 3. The monoisotopic (exact) mass is 392 g/mol. The normalized spacial score (nSPS) is 24.9. The lowest BCUT2D eigenvalue weighted by Crippen LogP contribution is -2.49. The molecular weight excluding hydrogens is 363 g/mol. The van der Waals surface area contributed by atoms with Gasteiger partial charge in [-0.15, -0.1) is 0 Å². The molecule has 0 spiro atoms. The minimum atomic E-state index is -1.37. The number of aliphatic hydroxyl groups is 2. The van der Waals surface area contributed by atoms with E-state index in [0.717, 1.165) is 18.3 Å². The summed E-state index contributed by atoms with van der Waals surface area (Å²) in [5.41, 5.74) is -0.104. The molecular formula is C18H29BN4O5. The number of anilines is 1. The number of rotatable bonds is 5. The molecule has 154 valence electrons. The van der Waals surface area contributed by atoms with E-state index in [1.165, 1.54) is 0 Å². The molecule has 28 heavy (non-hydrogen) atoms. The lowest BCUT2D eigenvalue weighted by atomic mass is 9.81. The summed E-state index contributed by atoms with van der Waals surface area (Å²) in [4.78, 5) is 22.3. The van der Waals surface area contributed by atoms with Crippen LogP contribution in [-0.2, 0) is 14.1 Å². The number of likely N-dealkylation sites (tertiary alicyclic amines) is 1. The Balaban J connectivity index is 1.60. The van der Waals surface area contributed by atoms with Gasteiger partial charge in [-0.05, 0) is 40.5 Å². The number of piperidine rings is 1. The van der Waals surface area contributed by atoms with Crippen molar-refractivity contribution in [3.63, 3.8) is 0 Å². The Morgan fingerprint density at radius 3 is 2.50 bits per heavy atom. The third kappa shape index (κ3) is 4.30. The first-order valence-corrected chi connectivity index (χ1v) is 9.65. The smallest absolute Gasteiger partial charge is 0.399 e. The zero-order chi connectivity index (χ0) is 20.5. The summed E-state index contributed by atoms with van der Waals surface area (Å²) in [6.45, 7) is 8.40. The van der Waals surface area contributed by atoms with Crippen LogP contribution in [0.25, 0.3) is 0 Å². The van der Waals surface area contributed by atoms with E-state index in [0.29, 0.717) is 19.0 Å². The molecule has 1 aromatic heterocycles. The zero-order valence-electron chi connectivity index (χ0n) is 16.9. The molecule has 2 aliphatic rings. The number of nitrogens with zero attached hydrogens (tertiary/aromatic N) is 3. The summed E-state index contributed by atoms with van der Waals surface area (Å²) in [6.07, 6.45) is 3.65. The second kappa shape index (κ2) is 7.94. The van der Waals surface area contributed by atoms with Crippen molar-refractivity contribution in [1.29, 1.82) is 0 Å². The van der Waals surface area contributed by atoms with Gasteiger partial charge in [0.05, 0.1) is 17.8 Å². The van der Waals surface area contributed by atoms with E-state index in [2.05, 4.69) is 15.3 Å². The van der Waals surface area contributed by atoms with Crippen LogP contribution in [0.2, 0.25) is 0 Å². The van der Waals surface area contributed by atoms with Crippen molar-refractivity contribution >= 4 is 24.4 Å².